The van der Waals surface area contributed by atoms with Gasteiger partial charge in [-0.25, -0.2) is 4.98 Å². The van der Waals surface area contributed by atoms with E-state index in [9.17, 15) is 0 Å². The van der Waals surface area contributed by atoms with Gasteiger partial charge in [0.05, 0.1) is 5.69 Å². The van der Waals surface area contributed by atoms with Crippen LogP contribution in [0.2, 0.25) is 0 Å². The zero-order chi connectivity index (χ0) is 15.1. The van der Waals surface area contributed by atoms with Crippen molar-refractivity contribution >= 4 is 11.3 Å². The second-order valence-corrected chi connectivity index (χ2v) is 7.03. The lowest BCUT2D eigenvalue weighted by molar-refractivity contribution is -0.0392. The van der Waals surface area contributed by atoms with Crippen LogP contribution >= 0.6 is 11.3 Å². The fourth-order valence-corrected chi connectivity index (χ4v) is 4.45. The first kappa shape index (κ1) is 16.9. The number of rotatable bonds is 9. The van der Waals surface area contributed by atoms with Gasteiger partial charge in [0.25, 0.3) is 0 Å². The maximum absolute atomic E-state index is 6.18. The van der Waals surface area contributed by atoms with Gasteiger partial charge in [-0.3, -0.25) is 0 Å². The average molecular weight is 311 g/mol. The molecular formula is C17H30N2OS. The summed E-state index contributed by atoms with van der Waals surface area (Å²) in [7, 11) is 0. The number of aromatic nitrogens is 1. The molecule has 0 amide bonds. The average Bonchev–Trinajstić information content (AvgIpc) is 3.09. The minimum Gasteiger partial charge on any atom is -0.368 e. The van der Waals surface area contributed by atoms with Gasteiger partial charge in [-0.2, -0.15) is 0 Å². The summed E-state index contributed by atoms with van der Waals surface area (Å²) >= 11 is 1.89. The molecule has 4 heteroatoms. The number of hydrogen-bond donors (Lipinski definition) is 1. The smallest absolute Gasteiger partial charge is 0.125 e. The summed E-state index contributed by atoms with van der Waals surface area (Å²) in [6, 6.07) is 0. The molecule has 1 aliphatic rings. The largest absolute Gasteiger partial charge is 0.368 e. The third kappa shape index (κ3) is 4.05. The fourth-order valence-electron chi connectivity index (χ4n) is 3.17. The van der Waals surface area contributed by atoms with Gasteiger partial charge in [0.15, 0.2) is 0 Å². The highest BCUT2D eigenvalue weighted by Gasteiger charge is 2.39. The van der Waals surface area contributed by atoms with Gasteiger partial charge in [-0.05, 0) is 39.2 Å². The van der Waals surface area contributed by atoms with Crippen LogP contribution in [0.5, 0.6) is 0 Å². The topological polar surface area (TPSA) is 34.1 Å². The van der Waals surface area contributed by atoms with Crippen LogP contribution in [0.4, 0.5) is 0 Å². The summed E-state index contributed by atoms with van der Waals surface area (Å²) < 4.78 is 6.18. The molecule has 0 spiro atoms. The molecule has 0 bridgehead atoms. The van der Waals surface area contributed by atoms with Crippen LogP contribution in [0.25, 0.3) is 0 Å². The Morgan fingerprint density at radius 2 is 1.95 bits per heavy atom. The fraction of sp³-hybridized carbons (Fsp3) is 0.824. The lowest BCUT2D eigenvalue weighted by atomic mass is 10.0. The van der Waals surface area contributed by atoms with Crippen LogP contribution in [-0.2, 0) is 23.3 Å². The molecular weight excluding hydrogens is 280 g/mol. The van der Waals surface area contributed by atoms with Crippen molar-refractivity contribution in [2.45, 2.75) is 77.9 Å². The zero-order valence-electron chi connectivity index (χ0n) is 13.8. The molecule has 1 saturated carbocycles. The molecule has 1 heterocycles. The molecule has 1 aliphatic carbocycles. The van der Waals surface area contributed by atoms with Gasteiger partial charge in [0, 0.05) is 18.0 Å². The monoisotopic (exact) mass is 310 g/mol. The van der Waals surface area contributed by atoms with Gasteiger partial charge in [-0.15, -0.1) is 11.3 Å². The number of ether oxygens (including phenoxy) is 1. The molecule has 120 valence electrons. The van der Waals surface area contributed by atoms with Gasteiger partial charge < -0.3 is 10.1 Å². The lowest BCUT2D eigenvalue weighted by Crippen LogP contribution is -2.26. The van der Waals surface area contributed by atoms with Crippen molar-refractivity contribution in [3.63, 3.8) is 0 Å². The van der Waals surface area contributed by atoms with Crippen LogP contribution in [-0.4, -0.2) is 18.1 Å². The number of nitrogens with one attached hydrogen (secondary N) is 1. The number of hydrogen-bond acceptors (Lipinski definition) is 4. The molecule has 1 N–H and O–H groups in total. The van der Waals surface area contributed by atoms with E-state index in [1.54, 1.807) is 0 Å². The third-order valence-electron chi connectivity index (χ3n) is 4.20. The Morgan fingerprint density at radius 3 is 2.57 bits per heavy atom. The van der Waals surface area contributed by atoms with Crippen molar-refractivity contribution in [2.24, 2.45) is 0 Å². The minimum atomic E-state index is -0.0785. The normalized spacial score (nSPS) is 17.5. The predicted octanol–water partition coefficient (Wildman–Crippen LogP) is 4.40. The first-order valence-corrected chi connectivity index (χ1v) is 9.41. The first-order valence-electron chi connectivity index (χ1n) is 8.59. The summed E-state index contributed by atoms with van der Waals surface area (Å²) in [6.07, 6.45) is 8.24. The third-order valence-corrected chi connectivity index (χ3v) is 5.48. The van der Waals surface area contributed by atoms with Crippen molar-refractivity contribution < 1.29 is 4.74 Å². The van der Waals surface area contributed by atoms with Crippen LogP contribution in [0.1, 0.15) is 74.9 Å². The standard InChI is InChI=1S/C17H30N2OS/c1-4-9-14-15(13-18-12-5-2)21-16(19-14)17(20-6-3)10-7-8-11-17/h18H,4-13H2,1-3H3. The highest BCUT2D eigenvalue weighted by atomic mass is 32.1. The quantitative estimate of drug-likeness (QED) is 0.686. The van der Waals surface area contributed by atoms with E-state index in [2.05, 4.69) is 26.1 Å². The molecule has 2 rings (SSSR count). The first-order chi connectivity index (χ1) is 10.3. The Labute approximate surface area is 133 Å². The number of aryl methyl sites for hydroxylation is 1. The van der Waals surface area contributed by atoms with E-state index >= 15 is 0 Å². The number of thiazole rings is 1. The maximum atomic E-state index is 6.18. The Morgan fingerprint density at radius 1 is 1.19 bits per heavy atom. The highest BCUT2D eigenvalue weighted by molar-refractivity contribution is 7.11. The molecule has 0 unspecified atom stereocenters. The van der Waals surface area contributed by atoms with Crippen molar-refractivity contribution in [1.82, 2.24) is 10.3 Å². The molecule has 0 aliphatic heterocycles. The van der Waals surface area contributed by atoms with Crippen LogP contribution in [0.3, 0.4) is 0 Å². The summed E-state index contributed by atoms with van der Waals surface area (Å²) in [5.74, 6) is 0. The van der Waals surface area contributed by atoms with E-state index in [1.807, 2.05) is 11.3 Å². The van der Waals surface area contributed by atoms with Crippen molar-refractivity contribution in [2.75, 3.05) is 13.2 Å². The van der Waals surface area contributed by atoms with Gasteiger partial charge in [0.2, 0.25) is 0 Å². The Hall–Kier alpha value is -0.450. The molecule has 0 saturated heterocycles. The maximum Gasteiger partial charge on any atom is 0.125 e. The summed E-state index contributed by atoms with van der Waals surface area (Å²) in [4.78, 5) is 6.43. The van der Waals surface area contributed by atoms with E-state index in [1.165, 1.54) is 34.8 Å². The SMILES string of the molecule is CCCNCc1sc(C2(OCC)CCCC2)nc1CCC. The Balaban J connectivity index is 2.20. The van der Waals surface area contributed by atoms with Crippen molar-refractivity contribution in [3.05, 3.63) is 15.6 Å². The van der Waals surface area contributed by atoms with E-state index in [0.29, 0.717) is 0 Å². The van der Waals surface area contributed by atoms with E-state index in [4.69, 9.17) is 9.72 Å². The predicted molar refractivity (Wildman–Crippen MR) is 89.9 cm³/mol. The van der Waals surface area contributed by atoms with Crippen LogP contribution in [0.15, 0.2) is 0 Å². The lowest BCUT2D eigenvalue weighted by Gasteiger charge is -2.26. The van der Waals surface area contributed by atoms with Crippen molar-refractivity contribution in [3.8, 4) is 0 Å². The highest BCUT2D eigenvalue weighted by Crippen LogP contribution is 2.44. The Kier molecular flexibility index (Phi) is 6.65. The molecule has 21 heavy (non-hydrogen) atoms. The summed E-state index contributed by atoms with van der Waals surface area (Å²) in [5.41, 5.74) is 1.22. The summed E-state index contributed by atoms with van der Waals surface area (Å²) in [5, 5.41) is 4.76. The summed E-state index contributed by atoms with van der Waals surface area (Å²) in [6.45, 7) is 9.37. The van der Waals surface area contributed by atoms with Crippen LogP contribution < -0.4 is 5.32 Å². The molecule has 1 fully saturated rings. The molecule has 0 radical (unpaired) electrons. The molecule has 1 aromatic heterocycles. The number of nitrogens with zero attached hydrogens (tertiary/aromatic N) is 1. The van der Waals surface area contributed by atoms with E-state index < -0.39 is 0 Å². The zero-order valence-corrected chi connectivity index (χ0v) is 14.7. The second-order valence-electron chi connectivity index (χ2n) is 5.95. The van der Waals surface area contributed by atoms with E-state index in [0.717, 1.165) is 45.4 Å². The molecule has 0 aromatic carbocycles. The van der Waals surface area contributed by atoms with Gasteiger partial charge >= 0.3 is 0 Å². The van der Waals surface area contributed by atoms with Crippen LogP contribution in [0, 0.1) is 0 Å². The molecule has 3 nitrogen and oxygen atoms in total. The molecule has 1 aromatic rings. The van der Waals surface area contributed by atoms with Gasteiger partial charge in [-0.1, -0.05) is 33.1 Å². The second kappa shape index (κ2) is 8.25. The van der Waals surface area contributed by atoms with Gasteiger partial charge in [0.1, 0.15) is 10.6 Å². The minimum absolute atomic E-state index is 0.0785. The molecule has 0 atom stereocenters. The van der Waals surface area contributed by atoms with E-state index in [-0.39, 0.29) is 5.60 Å². The van der Waals surface area contributed by atoms with Crippen molar-refractivity contribution in [1.29, 1.82) is 0 Å². The Bertz CT molecular complexity index is 424.